The van der Waals surface area contributed by atoms with Crippen LogP contribution in [0.25, 0.3) is 10.3 Å². The van der Waals surface area contributed by atoms with Crippen LogP contribution in [0.1, 0.15) is 9.80 Å². The average molecular weight is 240 g/mol. The van der Waals surface area contributed by atoms with Crippen LogP contribution in [0.3, 0.4) is 0 Å². The number of amides is 1. The molecule has 2 heterocycles. The molecule has 2 rings (SSSR count). The van der Waals surface area contributed by atoms with Crippen LogP contribution in [-0.2, 0) is 14.1 Å². The quantitative estimate of drug-likeness (QED) is 0.676. The normalized spacial score (nSPS) is 10.9. The molecular formula is C8H8N4O3S. The first kappa shape index (κ1) is 10.6. The Kier molecular flexibility index (Phi) is 2.16. The zero-order valence-corrected chi connectivity index (χ0v) is 9.37. The third-order valence-corrected chi connectivity index (χ3v) is 3.35. The molecule has 7 nitrogen and oxygen atoms in total. The highest BCUT2D eigenvalue weighted by Crippen LogP contribution is 2.16. The first-order valence-corrected chi connectivity index (χ1v) is 5.11. The predicted octanol–water partition coefficient (Wildman–Crippen LogP) is -1.21. The molecule has 2 aromatic rings. The Morgan fingerprint density at radius 2 is 1.94 bits per heavy atom. The van der Waals surface area contributed by atoms with Crippen LogP contribution >= 0.6 is 11.3 Å². The Labute approximate surface area is 92.8 Å². The van der Waals surface area contributed by atoms with Gasteiger partial charge < -0.3 is 5.73 Å². The molecule has 0 bridgehead atoms. The molecular weight excluding hydrogens is 232 g/mol. The van der Waals surface area contributed by atoms with Gasteiger partial charge in [-0.25, -0.2) is 9.78 Å². The molecule has 0 saturated heterocycles. The number of aromatic nitrogens is 3. The van der Waals surface area contributed by atoms with Gasteiger partial charge in [-0.1, -0.05) is 11.3 Å². The van der Waals surface area contributed by atoms with Gasteiger partial charge in [0.2, 0.25) is 0 Å². The molecule has 0 atom stereocenters. The van der Waals surface area contributed by atoms with Crippen molar-refractivity contribution in [3.63, 3.8) is 0 Å². The second-order valence-electron chi connectivity index (χ2n) is 3.24. The number of nitrogens with two attached hydrogens (primary N) is 1. The summed E-state index contributed by atoms with van der Waals surface area (Å²) in [6.07, 6.45) is 0. The molecule has 0 aliphatic heterocycles. The maximum Gasteiger partial charge on any atom is 0.331 e. The lowest BCUT2D eigenvalue weighted by Crippen LogP contribution is -2.36. The molecule has 0 unspecified atom stereocenters. The largest absolute Gasteiger partial charge is 0.364 e. The number of rotatable bonds is 1. The number of carbonyl (C=O) groups is 1. The van der Waals surface area contributed by atoms with Crippen molar-refractivity contribution < 1.29 is 4.79 Å². The summed E-state index contributed by atoms with van der Waals surface area (Å²) in [5, 5.41) is 0.0216. The van der Waals surface area contributed by atoms with Crippen LogP contribution in [0.5, 0.6) is 0 Å². The zero-order valence-electron chi connectivity index (χ0n) is 8.55. The van der Waals surface area contributed by atoms with E-state index in [-0.39, 0.29) is 10.5 Å². The van der Waals surface area contributed by atoms with Gasteiger partial charge in [-0.2, -0.15) is 0 Å². The molecule has 84 valence electrons. The third-order valence-electron chi connectivity index (χ3n) is 2.21. The minimum absolute atomic E-state index is 0.0216. The SMILES string of the molecule is Cn1c(=O)c2nc(C(N)=O)sc2n(C)c1=O. The second kappa shape index (κ2) is 3.27. The van der Waals surface area contributed by atoms with E-state index in [9.17, 15) is 14.4 Å². The van der Waals surface area contributed by atoms with Gasteiger partial charge in [0.05, 0.1) is 0 Å². The minimum Gasteiger partial charge on any atom is -0.364 e. The fourth-order valence-electron chi connectivity index (χ4n) is 1.34. The molecule has 0 saturated carbocycles. The topological polar surface area (TPSA) is 100.0 Å². The highest BCUT2D eigenvalue weighted by Gasteiger charge is 2.16. The van der Waals surface area contributed by atoms with Crippen LogP contribution in [0, 0.1) is 0 Å². The monoisotopic (exact) mass is 240 g/mol. The second-order valence-corrected chi connectivity index (χ2v) is 4.22. The zero-order chi connectivity index (χ0) is 12.0. The van der Waals surface area contributed by atoms with E-state index in [1.54, 1.807) is 0 Å². The van der Waals surface area contributed by atoms with Gasteiger partial charge in [-0.15, -0.1) is 0 Å². The summed E-state index contributed by atoms with van der Waals surface area (Å²) in [4.78, 5) is 38.4. The fourth-order valence-corrected chi connectivity index (χ4v) is 2.21. The molecule has 0 aromatic carbocycles. The molecule has 8 heteroatoms. The number of fused-ring (bicyclic) bond motifs is 1. The van der Waals surface area contributed by atoms with Gasteiger partial charge in [0, 0.05) is 14.1 Å². The summed E-state index contributed by atoms with van der Waals surface area (Å²) in [6, 6.07) is 0. The van der Waals surface area contributed by atoms with E-state index in [4.69, 9.17) is 5.73 Å². The summed E-state index contributed by atoms with van der Waals surface area (Å²) >= 11 is 0.933. The van der Waals surface area contributed by atoms with Crippen molar-refractivity contribution in [2.75, 3.05) is 0 Å². The first-order chi connectivity index (χ1) is 7.43. The summed E-state index contributed by atoms with van der Waals surface area (Å²) < 4.78 is 2.20. The van der Waals surface area contributed by atoms with E-state index < -0.39 is 17.2 Å². The summed E-state index contributed by atoms with van der Waals surface area (Å²) in [5.41, 5.74) is 4.17. The smallest absolute Gasteiger partial charge is 0.331 e. The number of thiazole rings is 1. The Morgan fingerprint density at radius 1 is 1.31 bits per heavy atom. The highest BCUT2D eigenvalue weighted by atomic mass is 32.1. The van der Waals surface area contributed by atoms with Crippen molar-refractivity contribution in [1.82, 2.24) is 14.1 Å². The van der Waals surface area contributed by atoms with Crippen LogP contribution in [0.4, 0.5) is 0 Å². The number of hydrogen-bond donors (Lipinski definition) is 1. The summed E-state index contributed by atoms with van der Waals surface area (Å²) in [5.74, 6) is -0.712. The lowest BCUT2D eigenvalue weighted by atomic mass is 10.5. The van der Waals surface area contributed by atoms with E-state index in [0.717, 1.165) is 15.9 Å². The molecule has 0 aliphatic rings. The van der Waals surface area contributed by atoms with Crippen LogP contribution in [-0.4, -0.2) is 20.0 Å². The maximum absolute atomic E-state index is 11.7. The van der Waals surface area contributed by atoms with Gasteiger partial charge in [0.25, 0.3) is 11.5 Å². The number of hydrogen-bond acceptors (Lipinski definition) is 5. The molecule has 0 fully saturated rings. The third kappa shape index (κ3) is 1.27. The Hall–Kier alpha value is -1.96. The molecule has 2 aromatic heterocycles. The lowest BCUT2D eigenvalue weighted by molar-refractivity contribution is 0.1000. The van der Waals surface area contributed by atoms with E-state index >= 15 is 0 Å². The first-order valence-electron chi connectivity index (χ1n) is 4.30. The molecule has 1 amide bonds. The van der Waals surface area contributed by atoms with Gasteiger partial charge in [0.1, 0.15) is 4.83 Å². The van der Waals surface area contributed by atoms with Gasteiger partial charge in [-0.05, 0) is 0 Å². The van der Waals surface area contributed by atoms with Crippen molar-refractivity contribution in [3.8, 4) is 0 Å². The van der Waals surface area contributed by atoms with E-state index in [0.29, 0.717) is 4.83 Å². The van der Waals surface area contributed by atoms with E-state index in [1.807, 2.05) is 0 Å². The van der Waals surface area contributed by atoms with Crippen LogP contribution in [0.15, 0.2) is 9.59 Å². The average Bonchev–Trinajstić information content (AvgIpc) is 2.68. The van der Waals surface area contributed by atoms with Crippen molar-refractivity contribution >= 4 is 27.6 Å². The number of aryl methyl sites for hydroxylation is 1. The molecule has 0 aliphatic carbocycles. The van der Waals surface area contributed by atoms with E-state index in [1.165, 1.54) is 18.7 Å². The predicted molar refractivity (Wildman–Crippen MR) is 58.6 cm³/mol. The minimum atomic E-state index is -0.712. The maximum atomic E-state index is 11.7. The Morgan fingerprint density at radius 3 is 2.50 bits per heavy atom. The fraction of sp³-hybridized carbons (Fsp3) is 0.250. The highest BCUT2D eigenvalue weighted by molar-refractivity contribution is 7.19. The Balaban J connectivity index is 3.04. The van der Waals surface area contributed by atoms with Gasteiger partial charge >= 0.3 is 5.69 Å². The van der Waals surface area contributed by atoms with Crippen molar-refractivity contribution in [2.45, 2.75) is 0 Å². The van der Waals surface area contributed by atoms with Crippen molar-refractivity contribution in [2.24, 2.45) is 19.8 Å². The van der Waals surface area contributed by atoms with Gasteiger partial charge in [-0.3, -0.25) is 18.7 Å². The molecule has 16 heavy (non-hydrogen) atoms. The summed E-state index contributed by atoms with van der Waals surface area (Å²) in [7, 11) is 2.86. The number of carbonyl (C=O) groups excluding carboxylic acids is 1. The Bertz CT molecular complexity index is 708. The lowest BCUT2D eigenvalue weighted by Gasteiger charge is -2.00. The van der Waals surface area contributed by atoms with Gasteiger partial charge in [0.15, 0.2) is 10.5 Å². The molecule has 2 N–H and O–H groups in total. The standard InChI is InChI=1S/C8H8N4O3S/c1-11-6(14)3-7(12(2)8(11)15)16-5(10-3)4(9)13/h1-2H3,(H2,9,13). The van der Waals surface area contributed by atoms with Crippen molar-refractivity contribution in [3.05, 3.63) is 25.8 Å². The number of nitrogens with zero attached hydrogens (tertiary/aromatic N) is 3. The molecule has 0 spiro atoms. The molecule has 0 radical (unpaired) electrons. The number of primary amides is 1. The van der Waals surface area contributed by atoms with E-state index in [2.05, 4.69) is 4.98 Å². The van der Waals surface area contributed by atoms with Crippen LogP contribution in [0.2, 0.25) is 0 Å². The summed E-state index contributed by atoms with van der Waals surface area (Å²) in [6.45, 7) is 0. The van der Waals surface area contributed by atoms with Crippen molar-refractivity contribution in [1.29, 1.82) is 0 Å². The van der Waals surface area contributed by atoms with Crippen LogP contribution < -0.4 is 17.0 Å².